The van der Waals surface area contributed by atoms with Crippen molar-refractivity contribution in [2.75, 3.05) is 47.4 Å². The fraction of sp³-hybridized carbons (Fsp3) is 0.235. The van der Waals surface area contributed by atoms with E-state index >= 15 is 0 Å². The molecule has 6 heterocycles. The molecule has 0 saturated carbocycles. The Bertz CT molecular complexity index is 4680. The van der Waals surface area contributed by atoms with Crippen molar-refractivity contribution in [1.82, 2.24) is 38.1 Å². The van der Waals surface area contributed by atoms with Gasteiger partial charge in [0, 0.05) is 82.9 Å². The van der Waals surface area contributed by atoms with Gasteiger partial charge in [0.05, 0.1) is 60.2 Å². The fourth-order valence-corrected chi connectivity index (χ4v) is 13.5. The lowest BCUT2D eigenvalue weighted by Gasteiger charge is -2.20. The third-order valence-corrected chi connectivity index (χ3v) is 18.6. The molecule has 2 aliphatic heterocycles. The van der Waals surface area contributed by atoms with Crippen LogP contribution in [0, 0.1) is 0 Å². The van der Waals surface area contributed by atoms with Crippen LogP contribution < -0.4 is 26.6 Å². The molecule has 492 valence electrons. The summed E-state index contributed by atoms with van der Waals surface area (Å²) in [5, 5.41) is 25.8. The van der Waals surface area contributed by atoms with Crippen molar-refractivity contribution in [3.05, 3.63) is 204 Å². The number of carbonyl (C=O) groups is 4. The Morgan fingerprint density at radius 2 is 0.979 bits per heavy atom. The van der Waals surface area contributed by atoms with Gasteiger partial charge in [-0.3, -0.25) is 15.4 Å². The highest BCUT2D eigenvalue weighted by Crippen LogP contribution is 2.38. The molecule has 0 bridgehead atoms. The molecular formula is C68H68Cl2N12O11S2. The normalized spacial score (nSPS) is 14.8. The number of nitrogens with one attached hydrogen (secondary N) is 5. The standard InChI is InChI=1S/C34H33ClN6O5S.C22H20ClN5O2S.C12H15NO4/c1-34(2,3)46-33(43)38-23-15-13-22(14-16-23)31(42)40-18-17-24(20-40)37-32-36-19-28(35)30(39-32)27-21-41(29-12-8-7-11-26(27)29)47(44,45)25-9-5-4-6-10-25;23-19-13-25-22(26-15-10-11-24-12-15)27-21(19)18-14-28(20-9-5-4-8-17(18)20)31(29,30)16-6-2-1-3-7-16;1-12(2,3)17-11(16)13-9-6-4-8(5-7-9)10(14)15/h4-16,19,21,24H,17-18,20H2,1-3H3,(H,38,43)(H,36,37,39);1-9,13-15,24H,10-12H2,(H,25,26,27);4-7H,1-3H3,(H,13,16)(H,14,15)/t24-;15-;/m00./s1. The molecule has 2 atom stereocenters. The van der Waals surface area contributed by atoms with E-state index in [1.807, 2.05) is 30.3 Å². The molecule has 6 aromatic carbocycles. The summed E-state index contributed by atoms with van der Waals surface area (Å²) in [6, 6.07) is 43.7. The van der Waals surface area contributed by atoms with E-state index in [2.05, 4.69) is 41.5 Å². The summed E-state index contributed by atoms with van der Waals surface area (Å²) in [6.45, 7) is 13.4. The van der Waals surface area contributed by atoms with Crippen LogP contribution >= 0.6 is 23.2 Å². The van der Waals surface area contributed by atoms with Gasteiger partial charge in [0.2, 0.25) is 11.9 Å². The molecule has 0 aliphatic carbocycles. The van der Waals surface area contributed by atoms with Crippen molar-refractivity contribution in [3.63, 3.8) is 0 Å². The summed E-state index contributed by atoms with van der Waals surface area (Å²) in [4.78, 5) is 67.4. The number of halogens is 2. The predicted molar refractivity (Wildman–Crippen MR) is 366 cm³/mol. The van der Waals surface area contributed by atoms with Crippen LogP contribution in [0.1, 0.15) is 75.1 Å². The first-order chi connectivity index (χ1) is 45.2. The number of rotatable bonds is 14. The molecule has 0 radical (unpaired) electrons. The number of likely N-dealkylation sites (tertiary alicyclic amines) is 1. The highest BCUT2D eigenvalue weighted by molar-refractivity contribution is 7.90. The third-order valence-electron chi connectivity index (χ3n) is 14.7. The van der Waals surface area contributed by atoms with Gasteiger partial charge in [-0.1, -0.05) is 96.0 Å². The van der Waals surface area contributed by atoms with Crippen LogP contribution in [0.5, 0.6) is 0 Å². The van der Waals surface area contributed by atoms with Gasteiger partial charge in [0.15, 0.2) is 0 Å². The summed E-state index contributed by atoms with van der Waals surface area (Å²) in [5.74, 6) is -0.364. The van der Waals surface area contributed by atoms with Crippen molar-refractivity contribution in [2.45, 2.75) is 87.5 Å². The number of carboxylic acid groups (broad SMARTS) is 1. The molecule has 4 aromatic heterocycles. The Hall–Kier alpha value is -9.92. The van der Waals surface area contributed by atoms with Crippen molar-refractivity contribution in [1.29, 1.82) is 0 Å². The number of benzene rings is 6. The van der Waals surface area contributed by atoms with E-state index in [4.69, 9.17) is 42.8 Å². The second-order valence-electron chi connectivity index (χ2n) is 24.1. The number of ether oxygens (including phenoxy) is 2. The van der Waals surface area contributed by atoms with Gasteiger partial charge in [-0.2, -0.15) is 0 Å². The van der Waals surface area contributed by atoms with Crippen LogP contribution in [-0.4, -0.2) is 128 Å². The zero-order valence-electron chi connectivity index (χ0n) is 52.5. The SMILES string of the molecule is CC(C)(C)OC(=O)Nc1ccc(C(=O)N2CC[C@H](Nc3ncc(Cl)c(-c4cn(S(=O)(=O)c5ccccc5)c5ccccc45)n3)C2)cc1.CC(C)(C)OC(=O)Nc1ccc(C(=O)O)cc1.O=S(=O)(c1ccccc1)n1cc(-c2nc(N[C@H]3CCNC3)ncc2Cl)c2ccccc21. The fourth-order valence-electron chi connectivity index (χ4n) is 10.4. The summed E-state index contributed by atoms with van der Waals surface area (Å²) in [7, 11) is -7.68. The number of amides is 3. The van der Waals surface area contributed by atoms with E-state index in [0.717, 1.165) is 24.9 Å². The molecular weight excluding hydrogens is 1300 g/mol. The van der Waals surface area contributed by atoms with Crippen LogP contribution in [0.15, 0.2) is 192 Å². The van der Waals surface area contributed by atoms with Crippen molar-refractivity contribution in [3.8, 4) is 22.5 Å². The van der Waals surface area contributed by atoms with Gasteiger partial charge < -0.3 is 35.4 Å². The Morgan fingerprint density at radius 3 is 1.40 bits per heavy atom. The summed E-state index contributed by atoms with van der Waals surface area (Å²) >= 11 is 13.1. The topological polar surface area (TPSA) is 300 Å². The number of carboxylic acids is 1. The maximum Gasteiger partial charge on any atom is 0.412 e. The summed E-state index contributed by atoms with van der Waals surface area (Å²) in [5.41, 5.74) is 3.59. The average Bonchev–Trinajstić information content (AvgIpc) is 1.61. The Kier molecular flexibility index (Phi) is 20.6. The first kappa shape index (κ1) is 68.0. The number of hydrogen-bond donors (Lipinski definition) is 6. The first-order valence-electron chi connectivity index (χ1n) is 30.0. The largest absolute Gasteiger partial charge is 0.478 e. The van der Waals surface area contributed by atoms with Crippen LogP contribution in [0.4, 0.5) is 32.9 Å². The number of carbonyl (C=O) groups excluding carboxylic acids is 3. The molecule has 95 heavy (non-hydrogen) atoms. The van der Waals surface area contributed by atoms with E-state index in [-0.39, 0.29) is 38.4 Å². The average molecular weight is 1360 g/mol. The molecule has 6 N–H and O–H groups in total. The summed E-state index contributed by atoms with van der Waals surface area (Å²) in [6.07, 6.45) is 6.66. The zero-order chi connectivity index (χ0) is 67.8. The smallest absolute Gasteiger partial charge is 0.412 e. The van der Waals surface area contributed by atoms with Crippen LogP contribution in [0.25, 0.3) is 44.3 Å². The number of para-hydroxylation sites is 2. The lowest BCUT2D eigenvalue weighted by atomic mass is 10.1. The number of anilines is 4. The van der Waals surface area contributed by atoms with Crippen molar-refractivity contribution >= 4 is 112 Å². The van der Waals surface area contributed by atoms with Gasteiger partial charge in [-0.15, -0.1) is 0 Å². The van der Waals surface area contributed by atoms with Gasteiger partial charge >= 0.3 is 18.2 Å². The minimum atomic E-state index is -3.89. The van der Waals surface area contributed by atoms with Crippen LogP contribution in [0.2, 0.25) is 10.0 Å². The van der Waals surface area contributed by atoms with Crippen LogP contribution in [-0.2, 0) is 29.5 Å². The van der Waals surface area contributed by atoms with Gasteiger partial charge in [-0.25, -0.2) is 59.1 Å². The molecule has 0 unspecified atom stereocenters. The Morgan fingerprint density at radius 1 is 0.558 bits per heavy atom. The maximum atomic E-state index is 13.6. The highest BCUT2D eigenvalue weighted by atomic mass is 35.5. The molecule has 27 heteroatoms. The Labute approximate surface area is 559 Å². The van der Waals surface area contributed by atoms with Gasteiger partial charge in [0.1, 0.15) is 11.2 Å². The molecule has 2 fully saturated rings. The number of aromatic carboxylic acids is 1. The molecule has 10 aromatic rings. The second-order valence-corrected chi connectivity index (χ2v) is 28.5. The van der Waals surface area contributed by atoms with Gasteiger partial charge in [0.25, 0.3) is 26.0 Å². The number of aromatic nitrogens is 6. The van der Waals surface area contributed by atoms with Crippen molar-refractivity contribution < 1.29 is 50.6 Å². The quantitative estimate of drug-likeness (QED) is 0.0589. The predicted octanol–water partition coefficient (Wildman–Crippen LogP) is 13.2. The summed E-state index contributed by atoms with van der Waals surface area (Å²) < 4.78 is 66.8. The van der Waals surface area contributed by atoms with E-state index in [0.29, 0.717) is 92.3 Å². The second kappa shape index (κ2) is 28.7. The monoisotopic (exact) mass is 1360 g/mol. The molecule has 3 amide bonds. The number of hydrogen-bond acceptors (Lipinski definition) is 17. The Balaban J connectivity index is 0.000000175. The van der Waals surface area contributed by atoms with E-state index in [9.17, 15) is 36.0 Å². The van der Waals surface area contributed by atoms with Crippen LogP contribution in [0.3, 0.4) is 0 Å². The van der Waals surface area contributed by atoms with Gasteiger partial charge in [-0.05, 0) is 146 Å². The maximum absolute atomic E-state index is 13.6. The molecule has 2 saturated heterocycles. The first-order valence-corrected chi connectivity index (χ1v) is 33.7. The van der Waals surface area contributed by atoms with E-state index < -0.39 is 49.4 Å². The third kappa shape index (κ3) is 16.7. The number of nitrogens with zero attached hydrogens (tertiary/aromatic N) is 7. The molecule has 23 nitrogen and oxygen atoms in total. The highest BCUT2D eigenvalue weighted by Gasteiger charge is 2.30. The van der Waals surface area contributed by atoms with E-state index in [1.54, 1.807) is 162 Å². The minimum Gasteiger partial charge on any atom is -0.478 e. The lowest BCUT2D eigenvalue weighted by molar-refractivity contribution is 0.0624. The zero-order valence-corrected chi connectivity index (χ0v) is 55.6. The molecule has 0 spiro atoms. The van der Waals surface area contributed by atoms with Crippen molar-refractivity contribution in [2.24, 2.45) is 0 Å². The number of fused-ring (bicyclic) bond motifs is 2. The lowest BCUT2D eigenvalue weighted by Crippen LogP contribution is -2.32. The minimum absolute atomic E-state index is 0.124. The van der Waals surface area contributed by atoms with E-state index in [1.165, 1.54) is 44.6 Å². The molecule has 12 rings (SSSR count). The molecule has 2 aliphatic rings.